The Bertz CT molecular complexity index is 692. The normalized spacial score (nSPS) is 13.7. The number of nitrogens with zero attached hydrogens (tertiary/aromatic N) is 4. The van der Waals surface area contributed by atoms with Crippen molar-refractivity contribution in [1.82, 2.24) is 14.5 Å². The number of fused-ring (bicyclic) bond motifs is 3. The number of hydrogen-bond donors (Lipinski definition) is 0. The number of benzene rings is 1. The van der Waals surface area contributed by atoms with Crippen molar-refractivity contribution in [1.29, 1.82) is 0 Å². The molecule has 0 radical (unpaired) electrons. The number of carbonyl (C=O) groups excluding carboxylic acids is 1. The van der Waals surface area contributed by atoms with Gasteiger partial charge in [0.2, 0.25) is 6.33 Å². The molecule has 2 heterocycles. The van der Waals surface area contributed by atoms with Crippen LogP contribution in [0.1, 0.15) is 16.1 Å². The molecule has 0 unspecified atom stereocenters. The first-order chi connectivity index (χ1) is 9.09. The minimum atomic E-state index is -0.530. The second-order valence-corrected chi connectivity index (χ2v) is 4.32. The van der Waals surface area contributed by atoms with Gasteiger partial charge in [0, 0.05) is 7.05 Å². The molecule has 0 bridgehead atoms. The molecule has 96 valence electrons. The van der Waals surface area contributed by atoms with Crippen LogP contribution in [0.4, 0.5) is 5.82 Å². The SMILES string of the molecule is CN1Cc2c([N+](=O)[O-])ncn2-c2ccccc2C1=O. The molecular weight excluding hydrogens is 248 g/mol. The van der Waals surface area contributed by atoms with Gasteiger partial charge >= 0.3 is 5.82 Å². The highest BCUT2D eigenvalue weighted by atomic mass is 16.6. The number of nitro groups is 1. The first-order valence-corrected chi connectivity index (χ1v) is 5.65. The molecule has 1 aliphatic heterocycles. The van der Waals surface area contributed by atoms with Crippen molar-refractivity contribution < 1.29 is 9.72 Å². The number of rotatable bonds is 1. The molecule has 1 aliphatic rings. The summed E-state index contributed by atoms with van der Waals surface area (Å²) in [5.74, 6) is -0.370. The fraction of sp³-hybridized carbons (Fsp3) is 0.167. The molecule has 0 saturated carbocycles. The van der Waals surface area contributed by atoms with Crippen molar-refractivity contribution in [2.24, 2.45) is 0 Å². The van der Waals surface area contributed by atoms with Gasteiger partial charge in [-0.25, -0.2) is 0 Å². The van der Waals surface area contributed by atoms with E-state index in [4.69, 9.17) is 0 Å². The maximum absolute atomic E-state index is 12.2. The van der Waals surface area contributed by atoms with Crippen molar-refractivity contribution in [3.8, 4) is 5.69 Å². The van der Waals surface area contributed by atoms with Gasteiger partial charge < -0.3 is 15.0 Å². The molecule has 1 amide bonds. The number of aromatic nitrogens is 2. The predicted molar refractivity (Wildman–Crippen MR) is 66.0 cm³/mol. The number of para-hydroxylation sites is 1. The summed E-state index contributed by atoms with van der Waals surface area (Å²) in [6, 6.07) is 7.00. The van der Waals surface area contributed by atoms with Crippen LogP contribution in [0, 0.1) is 10.1 Å². The van der Waals surface area contributed by atoms with Gasteiger partial charge in [-0.05, 0) is 22.0 Å². The summed E-state index contributed by atoms with van der Waals surface area (Å²) in [6.07, 6.45) is 1.39. The van der Waals surface area contributed by atoms with E-state index in [1.807, 2.05) is 0 Å². The molecular formula is C12H10N4O3. The summed E-state index contributed by atoms with van der Waals surface area (Å²) in [5.41, 5.74) is 1.54. The molecule has 1 aromatic carbocycles. The summed E-state index contributed by atoms with van der Waals surface area (Å²) in [4.78, 5) is 27.9. The highest BCUT2D eigenvalue weighted by Crippen LogP contribution is 2.28. The Kier molecular flexibility index (Phi) is 2.34. The molecule has 0 N–H and O–H groups in total. The highest BCUT2D eigenvalue weighted by Gasteiger charge is 2.30. The van der Waals surface area contributed by atoms with Crippen LogP contribution in [0.2, 0.25) is 0 Å². The molecule has 2 aromatic rings. The summed E-state index contributed by atoms with van der Waals surface area (Å²) in [5, 5.41) is 11.0. The third-order valence-corrected chi connectivity index (χ3v) is 3.14. The third kappa shape index (κ3) is 1.59. The van der Waals surface area contributed by atoms with Crippen LogP contribution in [-0.4, -0.2) is 32.3 Å². The number of amides is 1. The number of carbonyl (C=O) groups is 1. The van der Waals surface area contributed by atoms with E-state index in [0.29, 0.717) is 16.9 Å². The van der Waals surface area contributed by atoms with Gasteiger partial charge in [-0.15, -0.1) is 0 Å². The Balaban J connectivity index is 2.31. The van der Waals surface area contributed by atoms with Crippen LogP contribution < -0.4 is 0 Å². The lowest BCUT2D eigenvalue weighted by Gasteiger charge is -2.13. The Morgan fingerprint density at radius 1 is 1.37 bits per heavy atom. The minimum Gasteiger partial charge on any atom is -0.358 e. The van der Waals surface area contributed by atoms with E-state index in [9.17, 15) is 14.9 Å². The highest BCUT2D eigenvalue weighted by molar-refractivity contribution is 5.98. The molecule has 7 heteroatoms. The molecule has 19 heavy (non-hydrogen) atoms. The molecule has 0 atom stereocenters. The standard InChI is InChI=1S/C12H10N4O3/c1-14-6-10-11(16(18)19)13-7-15(10)9-5-3-2-4-8(9)12(14)17/h2-5,7H,6H2,1H3. The fourth-order valence-corrected chi connectivity index (χ4v) is 2.24. The van der Waals surface area contributed by atoms with Crippen molar-refractivity contribution in [3.05, 3.63) is 52.0 Å². The Labute approximate surface area is 108 Å². The Hall–Kier alpha value is -2.70. The lowest BCUT2D eigenvalue weighted by Crippen LogP contribution is -2.25. The van der Waals surface area contributed by atoms with Crippen LogP contribution in [0.5, 0.6) is 0 Å². The third-order valence-electron chi connectivity index (χ3n) is 3.14. The van der Waals surface area contributed by atoms with Crippen LogP contribution in [-0.2, 0) is 6.54 Å². The van der Waals surface area contributed by atoms with Crippen molar-refractivity contribution >= 4 is 11.7 Å². The van der Waals surface area contributed by atoms with E-state index in [1.54, 1.807) is 35.9 Å². The van der Waals surface area contributed by atoms with Crippen LogP contribution in [0.3, 0.4) is 0 Å². The van der Waals surface area contributed by atoms with Crippen LogP contribution in [0.25, 0.3) is 5.69 Å². The molecule has 0 fully saturated rings. The summed E-state index contributed by atoms with van der Waals surface area (Å²) >= 11 is 0. The van der Waals surface area contributed by atoms with Crippen molar-refractivity contribution in [3.63, 3.8) is 0 Å². The fourth-order valence-electron chi connectivity index (χ4n) is 2.24. The van der Waals surface area contributed by atoms with E-state index in [-0.39, 0.29) is 18.3 Å². The van der Waals surface area contributed by atoms with Gasteiger partial charge in [-0.3, -0.25) is 9.36 Å². The molecule has 0 saturated heterocycles. The second kappa shape index (κ2) is 3.91. The second-order valence-electron chi connectivity index (χ2n) is 4.32. The van der Waals surface area contributed by atoms with Crippen LogP contribution in [0.15, 0.2) is 30.6 Å². The minimum absolute atomic E-state index is 0.157. The molecule has 3 rings (SSSR count). The van der Waals surface area contributed by atoms with E-state index < -0.39 is 4.92 Å². The molecule has 0 spiro atoms. The van der Waals surface area contributed by atoms with E-state index >= 15 is 0 Å². The van der Waals surface area contributed by atoms with E-state index in [1.165, 1.54) is 11.2 Å². The quantitative estimate of drug-likeness (QED) is 0.571. The maximum atomic E-state index is 12.2. The summed E-state index contributed by atoms with van der Waals surface area (Å²) < 4.78 is 1.61. The monoisotopic (exact) mass is 258 g/mol. The maximum Gasteiger partial charge on any atom is 0.387 e. The van der Waals surface area contributed by atoms with Gasteiger partial charge in [0.25, 0.3) is 5.91 Å². The lowest BCUT2D eigenvalue weighted by atomic mass is 10.1. The molecule has 7 nitrogen and oxygen atoms in total. The summed E-state index contributed by atoms with van der Waals surface area (Å²) in [6.45, 7) is 0.157. The van der Waals surface area contributed by atoms with Crippen molar-refractivity contribution in [2.75, 3.05) is 7.05 Å². The zero-order valence-electron chi connectivity index (χ0n) is 10.1. The average molecular weight is 258 g/mol. The molecule has 0 aliphatic carbocycles. The van der Waals surface area contributed by atoms with Crippen LogP contribution >= 0.6 is 0 Å². The summed E-state index contributed by atoms with van der Waals surface area (Å²) in [7, 11) is 1.62. The largest absolute Gasteiger partial charge is 0.387 e. The van der Waals surface area contributed by atoms with E-state index in [0.717, 1.165) is 0 Å². The van der Waals surface area contributed by atoms with Gasteiger partial charge in [-0.1, -0.05) is 12.1 Å². The zero-order chi connectivity index (χ0) is 13.6. The first kappa shape index (κ1) is 11.4. The lowest BCUT2D eigenvalue weighted by molar-refractivity contribution is -0.390. The van der Waals surface area contributed by atoms with Gasteiger partial charge in [0.05, 0.1) is 17.8 Å². The topological polar surface area (TPSA) is 81.3 Å². The number of hydrogen-bond acceptors (Lipinski definition) is 4. The zero-order valence-corrected chi connectivity index (χ0v) is 10.1. The number of imidazole rings is 1. The average Bonchev–Trinajstić information content (AvgIpc) is 2.77. The molecule has 1 aromatic heterocycles. The first-order valence-electron chi connectivity index (χ1n) is 5.65. The van der Waals surface area contributed by atoms with Gasteiger partial charge in [0.15, 0.2) is 0 Å². The Morgan fingerprint density at radius 2 is 2.11 bits per heavy atom. The smallest absolute Gasteiger partial charge is 0.358 e. The van der Waals surface area contributed by atoms with Gasteiger partial charge in [0.1, 0.15) is 5.69 Å². The van der Waals surface area contributed by atoms with Gasteiger partial charge in [-0.2, -0.15) is 0 Å². The Morgan fingerprint density at radius 3 is 2.84 bits per heavy atom. The van der Waals surface area contributed by atoms with Crippen molar-refractivity contribution in [2.45, 2.75) is 6.54 Å². The predicted octanol–water partition coefficient (Wildman–Crippen LogP) is 1.37. The van der Waals surface area contributed by atoms with E-state index in [2.05, 4.69) is 4.98 Å².